The molecule has 0 aromatic rings. The zero-order valence-electron chi connectivity index (χ0n) is 7.77. The van der Waals surface area contributed by atoms with Gasteiger partial charge in [0, 0.05) is 6.54 Å². The molecule has 1 fully saturated rings. The quantitative estimate of drug-likeness (QED) is 0.698. The molecule has 1 saturated carbocycles. The van der Waals surface area contributed by atoms with Gasteiger partial charge in [-0.3, -0.25) is 0 Å². The van der Waals surface area contributed by atoms with Crippen molar-refractivity contribution in [1.82, 2.24) is 0 Å². The number of ether oxygens (including phenoxy) is 1. The predicted molar refractivity (Wildman–Crippen MR) is 46.6 cm³/mol. The zero-order valence-corrected chi connectivity index (χ0v) is 7.77. The molecular formula is C9H17F2NO. The molecule has 0 amide bonds. The third-order valence-electron chi connectivity index (χ3n) is 2.73. The van der Waals surface area contributed by atoms with Crippen LogP contribution in [0, 0.1) is 0 Å². The first-order valence-electron chi connectivity index (χ1n) is 4.85. The molecule has 1 rings (SSSR count). The Labute approximate surface area is 77.4 Å². The number of rotatable bonds is 3. The molecule has 78 valence electrons. The van der Waals surface area contributed by atoms with Crippen molar-refractivity contribution in [3.05, 3.63) is 0 Å². The van der Waals surface area contributed by atoms with Gasteiger partial charge in [0.25, 0.3) is 0 Å². The molecule has 2 N–H and O–H groups in total. The maximum atomic E-state index is 12.1. The number of hydrogen-bond acceptors (Lipinski definition) is 2. The Hall–Kier alpha value is -0.220. The van der Waals surface area contributed by atoms with Crippen LogP contribution in [0.1, 0.15) is 38.5 Å². The highest BCUT2D eigenvalue weighted by molar-refractivity contribution is 4.84. The van der Waals surface area contributed by atoms with E-state index in [4.69, 9.17) is 5.73 Å². The molecule has 0 bridgehead atoms. The first-order chi connectivity index (χ1) is 6.18. The molecule has 0 aromatic heterocycles. The van der Waals surface area contributed by atoms with Crippen LogP contribution in [0.2, 0.25) is 0 Å². The van der Waals surface area contributed by atoms with Crippen LogP contribution >= 0.6 is 0 Å². The number of hydrogen-bond donors (Lipinski definition) is 1. The Bertz CT molecular complexity index is 145. The number of alkyl halides is 2. The van der Waals surface area contributed by atoms with Gasteiger partial charge in [0.2, 0.25) is 0 Å². The highest BCUT2D eigenvalue weighted by Gasteiger charge is 2.33. The van der Waals surface area contributed by atoms with Gasteiger partial charge in [0.1, 0.15) is 0 Å². The molecule has 1 aliphatic carbocycles. The Morgan fingerprint density at radius 1 is 1.15 bits per heavy atom. The smallest absolute Gasteiger partial charge is 0.328 e. The summed E-state index contributed by atoms with van der Waals surface area (Å²) < 4.78 is 28.9. The second kappa shape index (κ2) is 4.86. The van der Waals surface area contributed by atoms with Gasteiger partial charge < -0.3 is 10.5 Å². The van der Waals surface area contributed by atoms with Crippen LogP contribution in [0.25, 0.3) is 0 Å². The van der Waals surface area contributed by atoms with Gasteiger partial charge in [-0.15, -0.1) is 0 Å². The lowest BCUT2D eigenvalue weighted by molar-refractivity contribution is -0.209. The van der Waals surface area contributed by atoms with Crippen LogP contribution in [0.5, 0.6) is 0 Å². The molecule has 1 aliphatic rings. The summed E-state index contributed by atoms with van der Waals surface area (Å²) >= 11 is 0. The van der Waals surface area contributed by atoms with Crippen LogP contribution in [-0.4, -0.2) is 18.8 Å². The summed E-state index contributed by atoms with van der Waals surface area (Å²) in [5.74, 6) is 0. The molecule has 0 aromatic carbocycles. The summed E-state index contributed by atoms with van der Waals surface area (Å²) in [4.78, 5) is 0. The average Bonchev–Trinajstić information content (AvgIpc) is 2.30. The van der Waals surface area contributed by atoms with Gasteiger partial charge in [-0.05, 0) is 12.8 Å². The molecular weight excluding hydrogens is 176 g/mol. The molecule has 0 atom stereocenters. The van der Waals surface area contributed by atoms with Crippen molar-refractivity contribution in [1.29, 1.82) is 0 Å². The van der Waals surface area contributed by atoms with E-state index in [0.717, 1.165) is 25.7 Å². The van der Waals surface area contributed by atoms with Crippen molar-refractivity contribution in [2.75, 3.05) is 6.54 Å². The van der Waals surface area contributed by atoms with Crippen molar-refractivity contribution in [2.45, 2.75) is 50.7 Å². The normalized spacial score (nSPS) is 23.1. The SMILES string of the molecule is NCC1(OC(F)F)CCCCCC1. The van der Waals surface area contributed by atoms with E-state index >= 15 is 0 Å². The van der Waals surface area contributed by atoms with Crippen molar-refractivity contribution in [3.63, 3.8) is 0 Å². The maximum Gasteiger partial charge on any atom is 0.345 e. The standard InChI is InChI=1S/C9H17F2NO/c10-8(11)13-9(7-12)5-3-1-2-4-6-9/h8H,1-7,12H2. The Balaban J connectivity index is 2.53. The summed E-state index contributed by atoms with van der Waals surface area (Å²) in [5.41, 5.74) is 4.75. The fourth-order valence-corrected chi connectivity index (χ4v) is 1.93. The first kappa shape index (κ1) is 10.9. The molecule has 0 saturated heterocycles. The van der Waals surface area contributed by atoms with Crippen molar-refractivity contribution >= 4 is 0 Å². The predicted octanol–water partition coefficient (Wildman–Crippen LogP) is 2.28. The second-order valence-corrected chi connectivity index (χ2v) is 3.68. The Kier molecular flexibility index (Phi) is 4.06. The van der Waals surface area contributed by atoms with E-state index in [1.807, 2.05) is 0 Å². The van der Waals surface area contributed by atoms with E-state index in [9.17, 15) is 8.78 Å². The van der Waals surface area contributed by atoms with Gasteiger partial charge in [-0.25, -0.2) is 0 Å². The summed E-state index contributed by atoms with van der Waals surface area (Å²) in [6.45, 7) is -2.49. The van der Waals surface area contributed by atoms with Gasteiger partial charge in [0.15, 0.2) is 0 Å². The molecule has 0 radical (unpaired) electrons. The third-order valence-corrected chi connectivity index (χ3v) is 2.73. The van der Waals surface area contributed by atoms with E-state index < -0.39 is 12.2 Å². The first-order valence-corrected chi connectivity index (χ1v) is 4.85. The van der Waals surface area contributed by atoms with Crippen LogP contribution in [0.3, 0.4) is 0 Å². The van der Waals surface area contributed by atoms with E-state index in [0.29, 0.717) is 12.8 Å². The molecule has 13 heavy (non-hydrogen) atoms. The minimum absolute atomic E-state index is 0.206. The topological polar surface area (TPSA) is 35.2 Å². The van der Waals surface area contributed by atoms with E-state index in [1.54, 1.807) is 0 Å². The van der Waals surface area contributed by atoms with Gasteiger partial charge >= 0.3 is 6.61 Å². The highest BCUT2D eigenvalue weighted by atomic mass is 19.3. The number of halogens is 2. The van der Waals surface area contributed by atoms with Gasteiger partial charge in [-0.1, -0.05) is 25.7 Å². The van der Waals surface area contributed by atoms with E-state index in [-0.39, 0.29) is 6.54 Å². The molecule has 0 heterocycles. The Morgan fingerprint density at radius 2 is 1.69 bits per heavy atom. The molecule has 2 nitrogen and oxygen atoms in total. The maximum absolute atomic E-state index is 12.1. The van der Waals surface area contributed by atoms with E-state index in [2.05, 4.69) is 4.74 Å². The fourth-order valence-electron chi connectivity index (χ4n) is 1.93. The van der Waals surface area contributed by atoms with Crippen LogP contribution in [0.15, 0.2) is 0 Å². The molecule has 0 aliphatic heterocycles. The van der Waals surface area contributed by atoms with Crippen molar-refractivity contribution in [3.8, 4) is 0 Å². The summed E-state index contributed by atoms with van der Waals surface area (Å²) in [6, 6.07) is 0. The molecule has 0 spiro atoms. The van der Waals surface area contributed by atoms with E-state index in [1.165, 1.54) is 0 Å². The monoisotopic (exact) mass is 193 g/mol. The summed E-state index contributed by atoms with van der Waals surface area (Å²) in [6.07, 6.45) is 5.46. The lowest BCUT2D eigenvalue weighted by atomic mass is 9.94. The van der Waals surface area contributed by atoms with Gasteiger partial charge in [0.05, 0.1) is 5.60 Å². The summed E-state index contributed by atoms with van der Waals surface area (Å²) in [5, 5.41) is 0. The van der Waals surface area contributed by atoms with Crippen LogP contribution in [0.4, 0.5) is 8.78 Å². The minimum Gasteiger partial charge on any atom is -0.328 e. The minimum atomic E-state index is -2.69. The zero-order chi connectivity index (χ0) is 9.73. The molecule has 0 unspecified atom stereocenters. The number of nitrogens with two attached hydrogens (primary N) is 1. The summed E-state index contributed by atoms with van der Waals surface area (Å²) in [7, 11) is 0. The highest BCUT2D eigenvalue weighted by Crippen LogP contribution is 2.31. The van der Waals surface area contributed by atoms with Crippen LogP contribution in [-0.2, 0) is 4.74 Å². The lowest BCUT2D eigenvalue weighted by Gasteiger charge is -2.30. The van der Waals surface area contributed by atoms with Crippen molar-refractivity contribution < 1.29 is 13.5 Å². The lowest BCUT2D eigenvalue weighted by Crippen LogP contribution is -2.41. The average molecular weight is 193 g/mol. The second-order valence-electron chi connectivity index (χ2n) is 3.68. The van der Waals surface area contributed by atoms with Crippen molar-refractivity contribution in [2.24, 2.45) is 5.73 Å². The third kappa shape index (κ3) is 3.19. The largest absolute Gasteiger partial charge is 0.345 e. The Morgan fingerprint density at radius 3 is 2.08 bits per heavy atom. The van der Waals surface area contributed by atoms with Gasteiger partial charge in [-0.2, -0.15) is 8.78 Å². The molecule has 4 heteroatoms. The fraction of sp³-hybridized carbons (Fsp3) is 1.00. The van der Waals surface area contributed by atoms with Crippen LogP contribution < -0.4 is 5.73 Å².